The van der Waals surface area contributed by atoms with Gasteiger partial charge in [0.25, 0.3) is 5.91 Å². The highest BCUT2D eigenvalue weighted by Gasteiger charge is 2.43. The number of carbonyl (C=O) groups excluding carboxylic acids is 1. The van der Waals surface area contributed by atoms with Crippen molar-refractivity contribution < 1.29 is 54.2 Å². The van der Waals surface area contributed by atoms with Crippen LogP contribution in [0.25, 0.3) is 0 Å². The number of halogens is 7. The van der Waals surface area contributed by atoms with Crippen molar-refractivity contribution in [2.24, 2.45) is 0 Å². The Kier molecular flexibility index (Phi) is 7.41. The minimum absolute atomic E-state index is 0.0912. The molecule has 0 unspecified atom stereocenters. The number of amides is 1. The average molecular weight is 527 g/mol. The predicted octanol–water partition coefficient (Wildman–Crippen LogP) is 4.43. The number of ether oxygens (including phenoxy) is 3. The molecule has 1 saturated carbocycles. The summed E-state index contributed by atoms with van der Waals surface area (Å²) in [5, 5.41) is 10.4. The normalized spacial score (nSPS) is 24.8. The zero-order valence-corrected chi connectivity index (χ0v) is 18.4. The van der Waals surface area contributed by atoms with E-state index in [-0.39, 0.29) is 42.9 Å². The van der Waals surface area contributed by atoms with Gasteiger partial charge in [-0.2, -0.15) is 13.2 Å². The summed E-state index contributed by atoms with van der Waals surface area (Å²) >= 11 is 0. The molecule has 1 aliphatic heterocycles. The molecule has 4 rings (SSSR count). The molecule has 1 saturated heterocycles. The van der Waals surface area contributed by atoms with Gasteiger partial charge in [0.2, 0.25) is 11.8 Å². The second-order valence-corrected chi connectivity index (χ2v) is 8.42. The van der Waals surface area contributed by atoms with Crippen molar-refractivity contribution in [1.82, 2.24) is 15.5 Å². The van der Waals surface area contributed by atoms with Crippen molar-refractivity contribution in [3.8, 4) is 5.75 Å². The number of rotatable bonds is 7. The van der Waals surface area contributed by atoms with Gasteiger partial charge in [-0.05, 0) is 37.8 Å². The maximum Gasteiger partial charge on any atom is 0.522 e. The molecule has 1 aromatic heterocycles. The van der Waals surface area contributed by atoms with Crippen molar-refractivity contribution in [1.29, 1.82) is 0 Å². The van der Waals surface area contributed by atoms with E-state index >= 15 is 0 Å². The smallest absolute Gasteiger partial charge is 0.484 e. The summed E-state index contributed by atoms with van der Waals surface area (Å²) in [5.41, 5.74) is -1.44. The molecule has 2 aliphatic rings. The minimum atomic E-state index is -4.84. The number of benzene rings is 1. The number of nitrogens with zero attached hydrogens (tertiary/aromatic N) is 2. The lowest BCUT2D eigenvalue weighted by molar-refractivity contribution is -0.352. The van der Waals surface area contributed by atoms with E-state index < -0.39 is 54.7 Å². The van der Waals surface area contributed by atoms with Gasteiger partial charge in [-0.1, -0.05) is 0 Å². The van der Waals surface area contributed by atoms with Gasteiger partial charge in [-0.25, -0.2) is 4.39 Å². The van der Waals surface area contributed by atoms with Gasteiger partial charge in [0, 0.05) is 12.0 Å². The van der Waals surface area contributed by atoms with Crippen molar-refractivity contribution in [3.05, 3.63) is 41.4 Å². The second kappa shape index (κ2) is 10.2. The van der Waals surface area contributed by atoms with E-state index in [9.17, 15) is 35.5 Å². The van der Waals surface area contributed by atoms with E-state index in [2.05, 4.69) is 20.3 Å². The Morgan fingerprint density at radius 1 is 1.08 bits per heavy atom. The largest absolute Gasteiger partial charge is 0.522 e. The number of hydrogen-bond acceptors (Lipinski definition) is 7. The third-order valence-corrected chi connectivity index (χ3v) is 5.73. The zero-order chi connectivity index (χ0) is 26.1. The van der Waals surface area contributed by atoms with Crippen LogP contribution in [0.1, 0.15) is 55.1 Å². The van der Waals surface area contributed by atoms with E-state index in [0.29, 0.717) is 25.0 Å². The number of aromatic nitrogens is 2. The van der Waals surface area contributed by atoms with Gasteiger partial charge >= 0.3 is 12.5 Å². The van der Waals surface area contributed by atoms with Gasteiger partial charge in [-0.15, -0.1) is 23.4 Å². The molecule has 0 radical (unpaired) electrons. The van der Waals surface area contributed by atoms with Crippen LogP contribution in [0.2, 0.25) is 0 Å². The molecule has 2 fully saturated rings. The highest BCUT2D eigenvalue weighted by molar-refractivity contribution is 5.77. The zero-order valence-electron chi connectivity index (χ0n) is 18.4. The van der Waals surface area contributed by atoms with E-state index in [1.165, 1.54) is 0 Å². The first-order chi connectivity index (χ1) is 16.9. The first-order valence-electron chi connectivity index (χ1n) is 10.9. The summed E-state index contributed by atoms with van der Waals surface area (Å²) in [6.45, 7) is -0.452. The third-order valence-electron chi connectivity index (χ3n) is 5.73. The minimum Gasteiger partial charge on any atom is -0.484 e. The molecule has 8 nitrogen and oxygen atoms in total. The Morgan fingerprint density at radius 2 is 1.81 bits per heavy atom. The highest BCUT2D eigenvalue weighted by Crippen LogP contribution is 2.41. The lowest BCUT2D eigenvalue weighted by atomic mass is 9.82. The van der Waals surface area contributed by atoms with E-state index in [1.807, 2.05) is 0 Å². The first kappa shape index (κ1) is 26.1. The van der Waals surface area contributed by atoms with Crippen molar-refractivity contribution >= 4 is 5.91 Å². The molecule has 2 aromatic rings. The predicted molar refractivity (Wildman–Crippen MR) is 104 cm³/mol. The Balaban J connectivity index is 1.18. The number of alkyl halides is 6. The van der Waals surface area contributed by atoms with E-state index in [4.69, 9.17) is 13.9 Å². The molecular formula is C21H20F7N3O5. The molecule has 1 aromatic carbocycles. The fourth-order valence-electron chi connectivity index (χ4n) is 3.89. The molecule has 1 N–H and O–H groups in total. The Morgan fingerprint density at radius 3 is 2.42 bits per heavy atom. The van der Waals surface area contributed by atoms with E-state index in [0.717, 1.165) is 6.07 Å². The molecular weight excluding hydrogens is 507 g/mol. The number of carbonyl (C=O) groups is 1. The lowest BCUT2D eigenvalue weighted by Gasteiger charge is -2.33. The quantitative estimate of drug-likeness (QED) is 0.533. The maximum absolute atomic E-state index is 13.6. The van der Waals surface area contributed by atoms with Gasteiger partial charge in [-0.3, -0.25) is 9.53 Å². The molecule has 0 spiro atoms. The highest BCUT2D eigenvalue weighted by atomic mass is 19.4. The Labute approximate surface area is 199 Å². The summed E-state index contributed by atoms with van der Waals surface area (Å²) in [6, 6.07) is 1.60. The van der Waals surface area contributed by atoms with Gasteiger partial charge in [0.1, 0.15) is 17.7 Å². The van der Waals surface area contributed by atoms with Crippen LogP contribution in [-0.4, -0.2) is 47.8 Å². The molecule has 15 heteroatoms. The molecule has 198 valence electrons. The summed E-state index contributed by atoms with van der Waals surface area (Å²) in [7, 11) is 0. The Hall–Kier alpha value is -2.94. The average Bonchev–Trinajstić information content (AvgIpc) is 3.23. The van der Waals surface area contributed by atoms with Crippen LogP contribution in [0.3, 0.4) is 0 Å². The molecule has 36 heavy (non-hydrogen) atoms. The summed E-state index contributed by atoms with van der Waals surface area (Å²) in [4.78, 5) is 12.1. The van der Waals surface area contributed by atoms with E-state index in [1.54, 1.807) is 0 Å². The van der Waals surface area contributed by atoms with Crippen molar-refractivity contribution in [2.45, 2.75) is 62.4 Å². The summed E-state index contributed by atoms with van der Waals surface area (Å²) in [6.07, 6.45) is -9.92. The molecule has 1 aliphatic carbocycles. The van der Waals surface area contributed by atoms with Gasteiger partial charge in [0.05, 0.1) is 24.3 Å². The molecule has 2 atom stereocenters. The SMILES string of the molecule is O=C(COc1ccc(C(F)(F)F)c(F)c1)N[C@@H]1CC[C@@H](c2nnc(C3CC(OC(F)(F)F)C3)o2)OC1. The van der Waals surface area contributed by atoms with Crippen LogP contribution in [0, 0.1) is 5.82 Å². The van der Waals surface area contributed by atoms with Crippen molar-refractivity contribution in [3.63, 3.8) is 0 Å². The van der Waals surface area contributed by atoms with Crippen LogP contribution >= 0.6 is 0 Å². The lowest BCUT2D eigenvalue weighted by Crippen LogP contribution is -2.43. The van der Waals surface area contributed by atoms with Crippen molar-refractivity contribution in [2.75, 3.05) is 13.2 Å². The Bertz CT molecular complexity index is 1060. The second-order valence-electron chi connectivity index (χ2n) is 8.42. The fourth-order valence-corrected chi connectivity index (χ4v) is 3.89. The van der Waals surface area contributed by atoms with Crippen LogP contribution in [0.4, 0.5) is 30.7 Å². The standard InChI is InChI=1S/C21H20F7N3O5/c22-15-7-12(2-3-14(15)20(23,24)25)33-9-17(32)29-11-1-4-16(34-8-11)19-31-30-18(35-19)10-5-13(6-10)36-21(26,27)28/h2-3,7,10-11,13,16H,1,4-6,8-9H2,(H,29,32)/t10?,11-,13?,16+/m1/s1. The van der Waals surface area contributed by atoms with Crippen LogP contribution < -0.4 is 10.1 Å². The number of hydrogen-bond donors (Lipinski definition) is 1. The first-order valence-corrected chi connectivity index (χ1v) is 10.9. The summed E-state index contributed by atoms with van der Waals surface area (Å²) < 4.78 is 108. The van der Waals surface area contributed by atoms with Gasteiger partial charge < -0.3 is 19.2 Å². The molecule has 0 bridgehead atoms. The summed E-state index contributed by atoms with van der Waals surface area (Å²) in [5.74, 6) is -2.26. The van der Waals surface area contributed by atoms with Crippen LogP contribution in [0.15, 0.2) is 22.6 Å². The van der Waals surface area contributed by atoms with Crippen LogP contribution in [0.5, 0.6) is 5.75 Å². The topological polar surface area (TPSA) is 95.7 Å². The molecule has 1 amide bonds. The fraction of sp³-hybridized carbons (Fsp3) is 0.571. The van der Waals surface area contributed by atoms with Gasteiger partial charge in [0.15, 0.2) is 6.61 Å². The number of nitrogens with one attached hydrogen (secondary N) is 1. The van der Waals surface area contributed by atoms with Crippen LogP contribution in [-0.2, 0) is 20.4 Å². The molecule has 2 heterocycles. The maximum atomic E-state index is 13.6. The third kappa shape index (κ3) is 6.63. The monoisotopic (exact) mass is 527 g/mol.